The first kappa shape index (κ1) is 15.7. The van der Waals surface area contributed by atoms with Crippen molar-refractivity contribution in [2.75, 3.05) is 26.0 Å². The molecule has 0 aliphatic heterocycles. The molecule has 19 heavy (non-hydrogen) atoms. The summed E-state index contributed by atoms with van der Waals surface area (Å²) >= 11 is 1.09. The van der Waals surface area contributed by atoms with Crippen molar-refractivity contribution < 1.29 is 18.7 Å². The molecule has 0 saturated heterocycles. The number of amides is 1. The first-order valence-corrected chi connectivity index (χ1v) is 6.72. The number of hydrogen-bond acceptors (Lipinski definition) is 4. The molecule has 0 aliphatic carbocycles. The van der Waals surface area contributed by atoms with Crippen LogP contribution in [0, 0.1) is 5.82 Å². The fourth-order valence-corrected chi connectivity index (χ4v) is 2.07. The number of methoxy groups -OCH3 is 1. The maximum absolute atomic E-state index is 13.6. The van der Waals surface area contributed by atoms with Crippen molar-refractivity contribution in [1.82, 2.24) is 5.32 Å². The molecule has 0 aromatic heterocycles. The number of carbonyl (C=O) groups excluding carboxylic acids is 2. The van der Waals surface area contributed by atoms with Gasteiger partial charge in [-0.15, -0.1) is 11.8 Å². The number of ketones is 1. The molecule has 6 heteroatoms. The summed E-state index contributed by atoms with van der Waals surface area (Å²) in [6.07, 6.45) is 0. The third kappa shape index (κ3) is 5.40. The van der Waals surface area contributed by atoms with Crippen molar-refractivity contribution in [3.8, 4) is 0 Å². The Morgan fingerprint density at radius 3 is 2.74 bits per heavy atom. The highest BCUT2D eigenvalue weighted by molar-refractivity contribution is 8.00. The zero-order chi connectivity index (χ0) is 14.3. The van der Waals surface area contributed by atoms with Gasteiger partial charge in [-0.2, -0.15) is 0 Å². The van der Waals surface area contributed by atoms with Crippen LogP contribution in [0.2, 0.25) is 0 Å². The number of ether oxygens (including phenoxy) is 1. The summed E-state index contributed by atoms with van der Waals surface area (Å²) in [5, 5.41) is 2.64. The fourth-order valence-electron chi connectivity index (χ4n) is 1.32. The Hall–Kier alpha value is -1.40. The summed E-state index contributed by atoms with van der Waals surface area (Å²) in [6.45, 7) is 2.25. The van der Waals surface area contributed by atoms with Gasteiger partial charge in [-0.1, -0.05) is 6.07 Å². The average Bonchev–Trinajstić information content (AvgIpc) is 2.37. The first-order valence-electron chi connectivity index (χ1n) is 5.73. The number of nitrogens with one attached hydrogen (secondary N) is 1. The molecule has 1 N–H and O–H groups in total. The van der Waals surface area contributed by atoms with Crippen LogP contribution in [0.15, 0.2) is 23.1 Å². The molecular formula is C13H16FNO3S. The molecule has 0 radical (unpaired) electrons. The van der Waals surface area contributed by atoms with Gasteiger partial charge in [-0.3, -0.25) is 9.59 Å². The highest BCUT2D eigenvalue weighted by Gasteiger charge is 2.09. The molecular weight excluding hydrogens is 269 g/mol. The average molecular weight is 285 g/mol. The van der Waals surface area contributed by atoms with Gasteiger partial charge < -0.3 is 10.1 Å². The van der Waals surface area contributed by atoms with Crippen LogP contribution in [-0.4, -0.2) is 37.7 Å². The van der Waals surface area contributed by atoms with Crippen molar-refractivity contribution in [2.24, 2.45) is 0 Å². The summed E-state index contributed by atoms with van der Waals surface area (Å²) in [6, 6.07) is 4.25. The van der Waals surface area contributed by atoms with E-state index >= 15 is 0 Å². The Morgan fingerprint density at radius 2 is 2.16 bits per heavy atom. The molecule has 1 aromatic rings. The largest absolute Gasteiger partial charge is 0.383 e. The summed E-state index contributed by atoms with van der Waals surface area (Å²) in [5.74, 6) is -0.729. The molecule has 0 atom stereocenters. The summed E-state index contributed by atoms with van der Waals surface area (Å²) < 4.78 is 18.4. The lowest BCUT2D eigenvalue weighted by Crippen LogP contribution is -2.28. The van der Waals surface area contributed by atoms with Crippen molar-refractivity contribution in [1.29, 1.82) is 0 Å². The molecule has 104 valence electrons. The number of hydrogen-bond donors (Lipinski definition) is 1. The Kier molecular flexibility index (Phi) is 6.52. The molecule has 0 unspecified atom stereocenters. The minimum absolute atomic E-state index is 0.125. The Labute approximate surface area is 115 Å². The van der Waals surface area contributed by atoms with E-state index in [1.165, 1.54) is 19.1 Å². The maximum atomic E-state index is 13.6. The third-order valence-electron chi connectivity index (χ3n) is 2.33. The van der Waals surface area contributed by atoms with E-state index in [2.05, 4.69) is 5.32 Å². The lowest BCUT2D eigenvalue weighted by atomic mass is 10.1. The van der Waals surface area contributed by atoms with E-state index in [1.807, 2.05) is 0 Å². The van der Waals surface area contributed by atoms with Gasteiger partial charge in [0.05, 0.1) is 12.4 Å². The molecule has 4 nitrogen and oxygen atoms in total. The quantitative estimate of drug-likeness (QED) is 0.472. The third-order valence-corrected chi connectivity index (χ3v) is 3.37. The molecule has 1 amide bonds. The summed E-state index contributed by atoms with van der Waals surface area (Å²) in [4.78, 5) is 22.8. The lowest BCUT2D eigenvalue weighted by molar-refractivity contribution is -0.118. The summed E-state index contributed by atoms with van der Waals surface area (Å²) in [7, 11) is 1.55. The summed E-state index contributed by atoms with van der Waals surface area (Å²) in [5.41, 5.74) is 0.325. The molecule has 0 spiro atoms. The number of Topliss-reactive ketones (excluding diaryl/α,β-unsaturated/α-hetero) is 1. The van der Waals surface area contributed by atoms with Crippen molar-refractivity contribution in [3.05, 3.63) is 29.6 Å². The second-order valence-electron chi connectivity index (χ2n) is 3.83. The minimum atomic E-state index is -0.484. The van der Waals surface area contributed by atoms with Gasteiger partial charge in [-0.05, 0) is 19.1 Å². The van der Waals surface area contributed by atoms with Crippen LogP contribution in [0.5, 0.6) is 0 Å². The van der Waals surface area contributed by atoms with Crippen molar-refractivity contribution >= 4 is 23.5 Å². The van der Waals surface area contributed by atoms with E-state index in [1.54, 1.807) is 13.2 Å². The molecule has 0 fully saturated rings. The van der Waals surface area contributed by atoms with Gasteiger partial charge in [-0.25, -0.2) is 4.39 Å². The Morgan fingerprint density at radius 1 is 1.42 bits per heavy atom. The van der Waals surface area contributed by atoms with E-state index in [0.29, 0.717) is 23.6 Å². The smallest absolute Gasteiger partial charge is 0.230 e. The van der Waals surface area contributed by atoms with E-state index in [9.17, 15) is 14.0 Å². The predicted octanol–water partition coefficient (Wildman–Crippen LogP) is 1.88. The Balaban J connectivity index is 2.49. The number of thioether (sulfide) groups is 1. The second-order valence-corrected chi connectivity index (χ2v) is 4.85. The highest BCUT2D eigenvalue weighted by atomic mass is 32.2. The van der Waals surface area contributed by atoms with Crippen molar-refractivity contribution in [3.63, 3.8) is 0 Å². The highest BCUT2D eigenvalue weighted by Crippen LogP contribution is 2.22. The first-order chi connectivity index (χ1) is 9.04. The van der Waals surface area contributed by atoms with Crippen LogP contribution in [0.3, 0.4) is 0 Å². The number of carbonyl (C=O) groups is 2. The normalized spacial score (nSPS) is 10.3. The van der Waals surface area contributed by atoms with Gasteiger partial charge in [0.15, 0.2) is 5.78 Å². The van der Waals surface area contributed by atoms with Gasteiger partial charge >= 0.3 is 0 Å². The molecule has 1 aromatic carbocycles. The molecule has 0 bridgehead atoms. The number of rotatable bonds is 7. The predicted molar refractivity (Wildman–Crippen MR) is 72.0 cm³/mol. The number of benzene rings is 1. The Bertz CT molecular complexity index is 465. The second kappa shape index (κ2) is 7.91. The van der Waals surface area contributed by atoms with Crippen LogP contribution in [-0.2, 0) is 9.53 Å². The van der Waals surface area contributed by atoms with E-state index in [-0.39, 0.29) is 17.4 Å². The van der Waals surface area contributed by atoms with Crippen LogP contribution >= 0.6 is 11.8 Å². The zero-order valence-electron chi connectivity index (χ0n) is 10.9. The van der Waals surface area contributed by atoms with Gasteiger partial charge in [0.2, 0.25) is 5.91 Å². The van der Waals surface area contributed by atoms with Crippen LogP contribution in [0.4, 0.5) is 4.39 Å². The SMILES string of the molecule is COCCNC(=O)CSc1ccc(C(C)=O)cc1F. The van der Waals surface area contributed by atoms with E-state index in [0.717, 1.165) is 11.8 Å². The van der Waals surface area contributed by atoms with Crippen LogP contribution in [0.25, 0.3) is 0 Å². The fraction of sp³-hybridized carbons (Fsp3) is 0.385. The molecule has 1 rings (SSSR count). The monoisotopic (exact) mass is 285 g/mol. The molecule has 0 aliphatic rings. The molecule has 0 saturated carbocycles. The lowest BCUT2D eigenvalue weighted by Gasteiger charge is -2.06. The van der Waals surface area contributed by atoms with E-state index < -0.39 is 5.82 Å². The van der Waals surface area contributed by atoms with Gasteiger partial charge in [0, 0.05) is 24.1 Å². The van der Waals surface area contributed by atoms with Gasteiger partial charge in [0.1, 0.15) is 5.82 Å². The van der Waals surface area contributed by atoms with Crippen LogP contribution in [0.1, 0.15) is 17.3 Å². The van der Waals surface area contributed by atoms with Gasteiger partial charge in [0.25, 0.3) is 0 Å². The van der Waals surface area contributed by atoms with Crippen molar-refractivity contribution in [2.45, 2.75) is 11.8 Å². The topological polar surface area (TPSA) is 55.4 Å². The number of halogens is 1. The standard InChI is InChI=1S/C13H16FNO3S/c1-9(16)10-3-4-12(11(14)7-10)19-8-13(17)15-5-6-18-2/h3-4,7H,5-6,8H2,1-2H3,(H,15,17). The minimum Gasteiger partial charge on any atom is -0.383 e. The zero-order valence-corrected chi connectivity index (χ0v) is 11.7. The molecule has 0 heterocycles. The van der Waals surface area contributed by atoms with E-state index in [4.69, 9.17) is 4.74 Å². The van der Waals surface area contributed by atoms with Crippen LogP contribution < -0.4 is 5.32 Å². The maximum Gasteiger partial charge on any atom is 0.230 e.